The molecule has 2 aliphatic heterocycles. The predicted molar refractivity (Wildman–Crippen MR) is 134 cm³/mol. The molecule has 0 spiro atoms. The van der Waals surface area contributed by atoms with Gasteiger partial charge < -0.3 is 24.1 Å². The van der Waals surface area contributed by atoms with E-state index in [4.69, 9.17) is 13.9 Å². The molecule has 0 radical (unpaired) electrons. The molecule has 3 aromatic rings. The Kier molecular flexibility index (Phi) is 4.17. The molecular formula is C30H34O5. The highest BCUT2D eigenvalue weighted by Gasteiger charge is 2.61. The second-order valence-electron chi connectivity index (χ2n) is 11.7. The van der Waals surface area contributed by atoms with Crippen LogP contribution in [0.25, 0.3) is 11.0 Å². The summed E-state index contributed by atoms with van der Waals surface area (Å²) >= 11 is 0. The van der Waals surface area contributed by atoms with Gasteiger partial charge in [-0.1, -0.05) is 13.8 Å². The Hall–Kier alpha value is -2.66. The Balaban J connectivity index is 1.55. The summed E-state index contributed by atoms with van der Waals surface area (Å²) in [5, 5.41) is 24.1. The van der Waals surface area contributed by atoms with E-state index in [9.17, 15) is 10.2 Å². The quantitative estimate of drug-likeness (QED) is 0.388. The number of ether oxygens (including phenoxy) is 2. The van der Waals surface area contributed by atoms with E-state index in [0.717, 1.165) is 63.8 Å². The number of rotatable bonds is 0. The molecule has 2 aliphatic carbocycles. The Morgan fingerprint density at radius 2 is 1.77 bits per heavy atom. The third-order valence-electron chi connectivity index (χ3n) is 9.64. The van der Waals surface area contributed by atoms with E-state index in [0.29, 0.717) is 18.1 Å². The summed E-state index contributed by atoms with van der Waals surface area (Å²) in [7, 11) is 0. The van der Waals surface area contributed by atoms with Crippen LogP contribution < -0.4 is 9.47 Å². The molecule has 5 nitrogen and oxygen atoms in total. The summed E-state index contributed by atoms with van der Waals surface area (Å²) < 4.78 is 19.8. The molecule has 4 aliphatic rings. The number of phenolic OH excluding ortho intramolecular Hbond substituents is 1. The maximum absolute atomic E-state index is 11.5. The fraction of sp³-hybridized carbons (Fsp3) is 0.533. The summed E-state index contributed by atoms with van der Waals surface area (Å²) in [4.78, 5) is 0. The summed E-state index contributed by atoms with van der Waals surface area (Å²) in [6, 6.07) is 0. The van der Waals surface area contributed by atoms with Crippen LogP contribution in [-0.4, -0.2) is 22.4 Å². The lowest BCUT2D eigenvalue weighted by Crippen LogP contribution is -2.53. The first-order valence-corrected chi connectivity index (χ1v) is 13.1. The van der Waals surface area contributed by atoms with Crippen LogP contribution in [0.4, 0.5) is 0 Å². The van der Waals surface area contributed by atoms with E-state index in [2.05, 4.69) is 41.5 Å². The van der Waals surface area contributed by atoms with Crippen molar-refractivity contribution in [3.8, 4) is 17.2 Å². The number of aliphatic hydroxyl groups excluding tert-OH is 1. The smallest absolute Gasteiger partial charge is 0.176 e. The SMILES string of the molecule is Cc1c2c(c(O)c3c1[C@]1(C)Oc4c5c(c(C)c6c(C)coc46)[C@@H](C)C[C@H](O)[C@@H]5C1O3)CCC[C@@H]2C. The zero-order chi connectivity index (χ0) is 24.5. The van der Waals surface area contributed by atoms with E-state index in [-0.39, 0.29) is 17.6 Å². The minimum atomic E-state index is -0.845. The molecule has 2 aromatic carbocycles. The number of aromatic hydroxyl groups is 1. The van der Waals surface area contributed by atoms with Gasteiger partial charge >= 0.3 is 0 Å². The van der Waals surface area contributed by atoms with Gasteiger partial charge in [0.05, 0.1) is 18.3 Å². The summed E-state index contributed by atoms with van der Waals surface area (Å²) in [6.07, 6.45) is 4.54. The zero-order valence-corrected chi connectivity index (χ0v) is 21.4. The highest BCUT2D eigenvalue weighted by atomic mass is 16.6. The van der Waals surface area contributed by atoms with Crippen molar-refractivity contribution in [3.63, 3.8) is 0 Å². The number of hydrogen-bond acceptors (Lipinski definition) is 5. The van der Waals surface area contributed by atoms with Crippen molar-refractivity contribution in [1.82, 2.24) is 0 Å². The molecule has 1 aromatic heterocycles. The summed E-state index contributed by atoms with van der Waals surface area (Å²) in [6.45, 7) is 12.9. The second-order valence-corrected chi connectivity index (χ2v) is 11.7. The molecule has 2 N–H and O–H groups in total. The summed E-state index contributed by atoms with van der Waals surface area (Å²) in [5.74, 6) is 1.88. The van der Waals surface area contributed by atoms with E-state index in [1.807, 2.05) is 6.26 Å². The minimum Gasteiger partial charge on any atom is -0.504 e. The number of aliphatic hydroxyl groups is 1. The van der Waals surface area contributed by atoms with Crippen molar-refractivity contribution in [2.75, 3.05) is 0 Å². The molecule has 3 heterocycles. The Morgan fingerprint density at radius 1 is 1.00 bits per heavy atom. The lowest BCUT2D eigenvalue weighted by molar-refractivity contribution is -0.0663. The van der Waals surface area contributed by atoms with Gasteiger partial charge in [-0.3, -0.25) is 0 Å². The van der Waals surface area contributed by atoms with Crippen LogP contribution in [0.15, 0.2) is 10.7 Å². The number of hydrogen-bond donors (Lipinski definition) is 2. The van der Waals surface area contributed by atoms with Gasteiger partial charge in [0.1, 0.15) is 0 Å². The van der Waals surface area contributed by atoms with Gasteiger partial charge in [-0.15, -0.1) is 0 Å². The second kappa shape index (κ2) is 6.76. The molecule has 0 saturated heterocycles. The molecule has 0 fully saturated rings. The van der Waals surface area contributed by atoms with Gasteiger partial charge in [-0.05, 0) is 93.0 Å². The van der Waals surface area contributed by atoms with E-state index >= 15 is 0 Å². The zero-order valence-electron chi connectivity index (χ0n) is 21.4. The van der Waals surface area contributed by atoms with Crippen LogP contribution in [0.1, 0.15) is 102 Å². The van der Waals surface area contributed by atoms with Crippen molar-refractivity contribution in [2.24, 2.45) is 0 Å². The van der Waals surface area contributed by atoms with Crippen LogP contribution in [0, 0.1) is 20.8 Å². The summed E-state index contributed by atoms with van der Waals surface area (Å²) in [5.41, 5.74) is 8.86. The third kappa shape index (κ3) is 2.43. The average molecular weight is 475 g/mol. The van der Waals surface area contributed by atoms with Gasteiger partial charge in [0.2, 0.25) is 0 Å². The molecule has 184 valence electrons. The van der Waals surface area contributed by atoms with Crippen molar-refractivity contribution >= 4 is 11.0 Å². The molecule has 7 rings (SSSR count). The van der Waals surface area contributed by atoms with Crippen LogP contribution in [0.3, 0.4) is 0 Å². The average Bonchev–Trinajstić information content (AvgIpc) is 3.34. The maximum Gasteiger partial charge on any atom is 0.176 e. The van der Waals surface area contributed by atoms with Crippen LogP contribution in [0.5, 0.6) is 17.2 Å². The van der Waals surface area contributed by atoms with E-state index in [1.54, 1.807) is 0 Å². The van der Waals surface area contributed by atoms with Gasteiger partial charge in [0, 0.05) is 22.1 Å². The molecule has 0 bridgehead atoms. The number of fused-ring (bicyclic) bond motifs is 7. The van der Waals surface area contributed by atoms with Crippen molar-refractivity contribution in [2.45, 2.75) is 103 Å². The monoisotopic (exact) mass is 474 g/mol. The Morgan fingerprint density at radius 3 is 2.54 bits per heavy atom. The maximum atomic E-state index is 11.5. The van der Waals surface area contributed by atoms with E-state index in [1.165, 1.54) is 16.7 Å². The first-order valence-electron chi connectivity index (χ1n) is 13.1. The Labute approximate surface area is 206 Å². The highest BCUT2D eigenvalue weighted by molar-refractivity contribution is 5.93. The van der Waals surface area contributed by atoms with Crippen LogP contribution in [-0.2, 0) is 12.0 Å². The highest BCUT2D eigenvalue weighted by Crippen LogP contribution is 2.64. The van der Waals surface area contributed by atoms with Gasteiger partial charge in [0.25, 0.3) is 0 Å². The molecule has 6 atom stereocenters. The molecular weight excluding hydrogens is 440 g/mol. The predicted octanol–water partition coefficient (Wildman–Crippen LogP) is 6.52. The standard InChI is InChI=1S/C30H34O5/c1-12-8-7-9-17-19(12)16(5)24-28(25(17)32)34-29-22-18(31)10-13(2)20-15(4)21-14(3)11-33-26(21)27(23(20)22)35-30(24,29)6/h11-13,18,22,29,31-32H,7-10H2,1-6H3/t12-,13-,18-,22-,29?,30-/m0/s1. The number of phenols is 1. The van der Waals surface area contributed by atoms with Gasteiger partial charge in [-0.25, -0.2) is 0 Å². The fourth-order valence-corrected chi connectivity index (χ4v) is 8.29. The topological polar surface area (TPSA) is 72.1 Å². The van der Waals surface area contributed by atoms with Crippen LogP contribution in [0.2, 0.25) is 0 Å². The number of furan rings is 1. The largest absolute Gasteiger partial charge is 0.504 e. The molecule has 0 amide bonds. The van der Waals surface area contributed by atoms with Crippen molar-refractivity contribution in [3.05, 3.63) is 50.8 Å². The number of benzene rings is 2. The first kappa shape index (κ1) is 21.6. The molecule has 0 saturated carbocycles. The Bertz CT molecular complexity index is 1430. The molecule has 1 unspecified atom stereocenters. The molecule has 35 heavy (non-hydrogen) atoms. The lowest BCUT2D eigenvalue weighted by atomic mass is 9.65. The number of aryl methyl sites for hydroxylation is 2. The minimum absolute atomic E-state index is 0.203. The third-order valence-corrected chi connectivity index (χ3v) is 9.64. The van der Waals surface area contributed by atoms with Gasteiger partial charge in [0.15, 0.2) is 34.5 Å². The van der Waals surface area contributed by atoms with E-state index < -0.39 is 17.8 Å². The lowest BCUT2D eigenvalue weighted by Gasteiger charge is -2.47. The molecule has 5 heteroatoms. The normalized spacial score (nSPS) is 32.4. The van der Waals surface area contributed by atoms with Crippen LogP contribution >= 0.6 is 0 Å². The van der Waals surface area contributed by atoms with Crippen molar-refractivity contribution in [1.29, 1.82) is 0 Å². The fourth-order valence-electron chi connectivity index (χ4n) is 8.29. The van der Waals surface area contributed by atoms with Crippen molar-refractivity contribution < 1.29 is 24.1 Å². The first-order chi connectivity index (χ1) is 16.6. The van der Waals surface area contributed by atoms with Gasteiger partial charge in [-0.2, -0.15) is 0 Å².